The highest BCUT2D eigenvalue weighted by Crippen LogP contribution is 2.48. The fourth-order valence-electron chi connectivity index (χ4n) is 1.57. The summed E-state index contributed by atoms with van der Waals surface area (Å²) in [5.74, 6) is -21.9. The summed E-state index contributed by atoms with van der Waals surface area (Å²) in [6, 6.07) is 6.74. The quantitative estimate of drug-likeness (QED) is 0.271. The van der Waals surface area contributed by atoms with Crippen LogP contribution in [0.1, 0.15) is 5.56 Å². The van der Waals surface area contributed by atoms with Gasteiger partial charge in [-0.3, -0.25) is 0 Å². The summed E-state index contributed by atoms with van der Waals surface area (Å²) in [4.78, 5) is 22.6. The van der Waals surface area contributed by atoms with Gasteiger partial charge in [0.2, 0.25) is 0 Å². The molecule has 13 heteroatoms. The van der Waals surface area contributed by atoms with Crippen molar-refractivity contribution in [2.24, 2.45) is 0 Å². The van der Waals surface area contributed by atoms with Gasteiger partial charge in [0.15, 0.2) is 6.61 Å². The number of carbonyl (C=O) groups is 2. The van der Waals surface area contributed by atoms with Crippen molar-refractivity contribution in [1.29, 1.82) is 5.26 Å². The summed E-state index contributed by atoms with van der Waals surface area (Å²) < 4.78 is 110. The molecule has 0 aromatic heterocycles. The second-order valence-electron chi connectivity index (χ2n) is 5.20. The monoisotopic (exact) mass is 431 g/mol. The molecule has 1 aromatic rings. The van der Waals surface area contributed by atoms with Gasteiger partial charge in [0.05, 0.1) is 11.6 Å². The van der Waals surface area contributed by atoms with Crippen LogP contribution in [0.3, 0.4) is 0 Å². The molecule has 0 aliphatic heterocycles. The highest BCUT2D eigenvalue weighted by atomic mass is 19.4. The van der Waals surface area contributed by atoms with E-state index in [9.17, 15) is 44.7 Å². The topological polar surface area (TPSA) is 76.4 Å². The van der Waals surface area contributed by atoms with E-state index in [0.29, 0.717) is 6.08 Å². The van der Waals surface area contributed by atoms with E-state index >= 15 is 0 Å². The highest BCUT2D eigenvalue weighted by molar-refractivity contribution is 5.92. The van der Waals surface area contributed by atoms with Gasteiger partial charge in [-0.15, -0.1) is 0 Å². The molecule has 0 bridgehead atoms. The molecule has 29 heavy (non-hydrogen) atoms. The van der Waals surface area contributed by atoms with Crippen LogP contribution >= 0.6 is 0 Å². The molecule has 0 aliphatic carbocycles. The van der Waals surface area contributed by atoms with Gasteiger partial charge < -0.3 is 9.47 Å². The minimum absolute atomic E-state index is 0.0765. The Balaban J connectivity index is 2.67. The van der Waals surface area contributed by atoms with E-state index in [4.69, 9.17) is 5.26 Å². The van der Waals surface area contributed by atoms with Gasteiger partial charge in [0.1, 0.15) is 5.75 Å². The Bertz CT molecular complexity index is 815. The Labute approximate surface area is 157 Å². The maximum atomic E-state index is 13.2. The van der Waals surface area contributed by atoms with Gasteiger partial charge in [-0.05, 0) is 24.3 Å². The number of nitriles is 1. The van der Waals surface area contributed by atoms with Crippen LogP contribution in [0.25, 0.3) is 0 Å². The number of nitrogens with zero attached hydrogens (tertiary/aromatic N) is 1. The maximum absolute atomic E-state index is 13.2. The van der Waals surface area contributed by atoms with E-state index in [2.05, 4.69) is 9.47 Å². The van der Waals surface area contributed by atoms with Crippen LogP contribution < -0.4 is 4.74 Å². The van der Waals surface area contributed by atoms with Crippen LogP contribution in [0.2, 0.25) is 0 Å². The maximum Gasteiger partial charge on any atom is 0.381 e. The molecule has 0 spiro atoms. The lowest BCUT2D eigenvalue weighted by Gasteiger charge is -2.31. The van der Waals surface area contributed by atoms with E-state index < -0.39 is 42.7 Å². The molecule has 0 N–H and O–H groups in total. The fraction of sp³-hybridized carbons (Fsp3) is 0.312. The molecule has 1 aromatic carbocycles. The first kappa shape index (κ1) is 23.9. The summed E-state index contributed by atoms with van der Waals surface area (Å²) in [6.07, 6.45) is -4.60. The number of hydrogen-bond donors (Lipinski definition) is 0. The molecule has 0 fully saturated rings. The summed E-state index contributed by atoms with van der Waals surface area (Å²) >= 11 is 0. The molecular weight excluding hydrogens is 422 g/mol. The number of rotatable bonds is 8. The summed E-state index contributed by atoms with van der Waals surface area (Å²) in [7, 11) is 0. The number of ether oxygens (including phenoxy) is 2. The largest absolute Gasteiger partial charge is 0.456 e. The summed E-state index contributed by atoms with van der Waals surface area (Å²) in [6.45, 7) is -2.66. The Morgan fingerprint density at radius 3 is 2.00 bits per heavy atom. The number of hydrogen-bond acceptors (Lipinski definition) is 5. The molecule has 5 nitrogen and oxygen atoms in total. The van der Waals surface area contributed by atoms with E-state index in [1.54, 1.807) is 6.07 Å². The number of halogens is 8. The Morgan fingerprint density at radius 1 is 1.00 bits per heavy atom. The average molecular weight is 431 g/mol. The van der Waals surface area contributed by atoms with E-state index in [1.165, 1.54) is 24.3 Å². The molecule has 0 saturated heterocycles. The Hall–Kier alpha value is -3.17. The van der Waals surface area contributed by atoms with Crippen molar-refractivity contribution in [2.75, 3.05) is 6.61 Å². The average Bonchev–Trinajstić information content (AvgIpc) is 2.65. The molecule has 0 atom stereocenters. The first-order valence-electron chi connectivity index (χ1n) is 7.23. The molecule has 0 saturated carbocycles. The molecular formula is C16H9F8NO4. The zero-order valence-corrected chi connectivity index (χ0v) is 13.9. The van der Waals surface area contributed by atoms with Gasteiger partial charge in [0.25, 0.3) is 0 Å². The lowest BCUT2D eigenvalue weighted by atomic mass is 10.1. The van der Waals surface area contributed by atoms with Crippen LogP contribution in [0.4, 0.5) is 35.1 Å². The molecule has 0 aliphatic rings. The van der Waals surface area contributed by atoms with Crippen LogP contribution in [0.5, 0.6) is 5.75 Å². The first-order chi connectivity index (χ1) is 13.2. The molecule has 1 rings (SSSR count). The third-order valence-corrected chi connectivity index (χ3v) is 3.11. The van der Waals surface area contributed by atoms with Gasteiger partial charge in [-0.25, -0.2) is 18.4 Å². The molecule has 158 valence electrons. The summed E-state index contributed by atoms with van der Waals surface area (Å²) in [5, 5.41) is 8.59. The smallest absolute Gasteiger partial charge is 0.381 e. The van der Waals surface area contributed by atoms with Crippen molar-refractivity contribution in [3.63, 3.8) is 0 Å². The number of carbonyl (C=O) groups excluding carboxylic acids is 2. The predicted octanol–water partition coefficient (Wildman–Crippen LogP) is 3.73. The van der Waals surface area contributed by atoms with Gasteiger partial charge in [-0.1, -0.05) is 0 Å². The van der Waals surface area contributed by atoms with E-state index in [0.717, 1.165) is 0 Å². The molecule has 0 unspecified atom stereocenters. The van der Waals surface area contributed by atoms with Crippen molar-refractivity contribution in [2.45, 2.75) is 24.2 Å². The zero-order valence-electron chi connectivity index (χ0n) is 13.9. The van der Waals surface area contributed by atoms with Crippen molar-refractivity contribution >= 4 is 11.9 Å². The third kappa shape index (κ3) is 5.66. The van der Waals surface area contributed by atoms with Gasteiger partial charge >= 0.3 is 36.1 Å². The lowest BCUT2D eigenvalue weighted by Crippen LogP contribution is -2.59. The molecule has 0 radical (unpaired) electrons. The van der Waals surface area contributed by atoms with Crippen LogP contribution in [-0.2, 0) is 14.3 Å². The van der Waals surface area contributed by atoms with Crippen LogP contribution in [0, 0.1) is 11.3 Å². The molecule has 0 amide bonds. The summed E-state index contributed by atoms with van der Waals surface area (Å²) in [5.41, 5.74) is 0.235. The first-order valence-corrected chi connectivity index (χ1v) is 7.23. The fourth-order valence-corrected chi connectivity index (χ4v) is 1.57. The second-order valence-corrected chi connectivity index (χ2v) is 5.20. The number of alkyl halides is 8. The van der Waals surface area contributed by atoms with E-state index in [-0.39, 0.29) is 17.4 Å². The Kier molecular flexibility index (Phi) is 7.32. The Morgan fingerprint density at radius 2 is 1.52 bits per heavy atom. The van der Waals surface area contributed by atoms with Crippen molar-refractivity contribution in [1.82, 2.24) is 0 Å². The second kappa shape index (κ2) is 8.89. The third-order valence-electron chi connectivity index (χ3n) is 3.11. The predicted molar refractivity (Wildman–Crippen MR) is 77.7 cm³/mol. The number of benzene rings is 1. The minimum Gasteiger partial charge on any atom is -0.456 e. The number of esters is 2. The van der Waals surface area contributed by atoms with E-state index in [1.807, 2.05) is 0 Å². The van der Waals surface area contributed by atoms with Crippen LogP contribution in [-0.4, -0.2) is 42.7 Å². The molecule has 0 heterocycles. The zero-order chi connectivity index (χ0) is 22.5. The highest BCUT2D eigenvalue weighted by Gasteiger charge is 2.75. The van der Waals surface area contributed by atoms with Crippen molar-refractivity contribution in [3.8, 4) is 11.8 Å². The SMILES string of the molecule is N#Cc1ccc(OC(=O)/C=C/C(=O)OCC(F)(F)C(F)(F)C(F)(F)C(F)F)cc1. The van der Waals surface area contributed by atoms with Crippen molar-refractivity contribution < 1.29 is 54.2 Å². The van der Waals surface area contributed by atoms with Gasteiger partial charge in [-0.2, -0.15) is 31.6 Å². The minimum atomic E-state index is -6.52. The van der Waals surface area contributed by atoms with Crippen molar-refractivity contribution in [3.05, 3.63) is 42.0 Å². The van der Waals surface area contributed by atoms with Crippen LogP contribution in [0.15, 0.2) is 36.4 Å². The van der Waals surface area contributed by atoms with Gasteiger partial charge in [0, 0.05) is 12.2 Å². The standard InChI is InChI=1S/C16H9F8NO4/c17-13(18)15(21,22)16(23,24)14(19,20)8-28-11(26)5-6-12(27)29-10-3-1-9(7-25)2-4-10/h1-6,13H,8H2/b6-5+. The lowest BCUT2D eigenvalue weighted by molar-refractivity contribution is -0.344. The normalized spacial score (nSPS) is 12.7.